The van der Waals surface area contributed by atoms with Gasteiger partial charge in [-0.1, -0.05) is 32.6 Å². The molecular formula is C16H30N2O2. The van der Waals surface area contributed by atoms with Crippen molar-refractivity contribution in [1.82, 2.24) is 10.2 Å². The van der Waals surface area contributed by atoms with Gasteiger partial charge in [-0.2, -0.15) is 0 Å². The van der Waals surface area contributed by atoms with Gasteiger partial charge in [0.05, 0.1) is 6.54 Å². The van der Waals surface area contributed by atoms with E-state index in [0.29, 0.717) is 18.1 Å². The van der Waals surface area contributed by atoms with Crippen LogP contribution >= 0.6 is 0 Å². The van der Waals surface area contributed by atoms with Crippen LogP contribution in [0.5, 0.6) is 0 Å². The summed E-state index contributed by atoms with van der Waals surface area (Å²) in [6, 6.07) is 1.67. The highest BCUT2D eigenvalue weighted by atomic mass is 16.4. The van der Waals surface area contributed by atoms with Crippen LogP contribution in [0.15, 0.2) is 0 Å². The molecule has 116 valence electrons. The molecule has 0 heterocycles. The predicted octanol–water partition coefficient (Wildman–Crippen LogP) is 2.48. The average Bonchev–Trinajstić information content (AvgIpc) is 2.83. The van der Waals surface area contributed by atoms with E-state index in [1.54, 1.807) is 0 Å². The molecule has 4 heteroatoms. The number of hydrogen-bond donors (Lipinski definition) is 2. The van der Waals surface area contributed by atoms with E-state index < -0.39 is 5.97 Å². The Hall–Kier alpha value is -0.610. The topological polar surface area (TPSA) is 52.6 Å². The first-order valence-electron chi connectivity index (χ1n) is 8.30. The zero-order valence-corrected chi connectivity index (χ0v) is 13.0. The smallest absolute Gasteiger partial charge is 0.317 e. The fraction of sp³-hybridized carbons (Fsp3) is 0.938. The maximum atomic E-state index is 10.8. The van der Waals surface area contributed by atoms with Gasteiger partial charge in [0.25, 0.3) is 0 Å². The molecule has 0 aromatic heterocycles. The quantitative estimate of drug-likeness (QED) is 0.718. The van der Waals surface area contributed by atoms with Gasteiger partial charge in [-0.15, -0.1) is 0 Å². The van der Waals surface area contributed by atoms with E-state index in [1.807, 2.05) is 6.92 Å². The molecule has 0 aliphatic heterocycles. The third-order valence-corrected chi connectivity index (χ3v) is 5.06. The van der Waals surface area contributed by atoms with Crippen LogP contribution in [0.25, 0.3) is 0 Å². The Morgan fingerprint density at radius 3 is 2.55 bits per heavy atom. The van der Waals surface area contributed by atoms with E-state index in [2.05, 4.69) is 17.1 Å². The Labute approximate surface area is 122 Å². The lowest BCUT2D eigenvalue weighted by molar-refractivity contribution is -0.139. The minimum absolute atomic E-state index is 0.186. The third-order valence-electron chi connectivity index (χ3n) is 5.06. The summed E-state index contributed by atoms with van der Waals surface area (Å²) in [6.45, 7) is 5.37. The van der Waals surface area contributed by atoms with Crippen LogP contribution in [0.2, 0.25) is 0 Å². The Balaban J connectivity index is 1.63. The number of carboxylic acid groups (broad SMARTS) is 1. The molecule has 0 radical (unpaired) electrons. The maximum absolute atomic E-state index is 10.8. The summed E-state index contributed by atoms with van der Waals surface area (Å²) in [6.07, 6.45) is 9.20. The van der Waals surface area contributed by atoms with Crippen molar-refractivity contribution in [2.75, 3.05) is 13.1 Å². The molecule has 2 N–H and O–H groups in total. The largest absolute Gasteiger partial charge is 0.480 e. The Morgan fingerprint density at radius 2 is 2.00 bits per heavy atom. The van der Waals surface area contributed by atoms with Crippen LogP contribution in [0.3, 0.4) is 0 Å². The summed E-state index contributed by atoms with van der Waals surface area (Å²) >= 11 is 0. The molecule has 2 aliphatic carbocycles. The summed E-state index contributed by atoms with van der Waals surface area (Å²) in [4.78, 5) is 12.9. The van der Waals surface area contributed by atoms with E-state index in [9.17, 15) is 4.79 Å². The molecular weight excluding hydrogens is 252 g/mol. The molecule has 0 aromatic rings. The van der Waals surface area contributed by atoms with Crippen LogP contribution in [0.4, 0.5) is 0 Å². The minimum Gasteiger partial charge on any atom is -0.480 e. The second-order valence-corrected chi connectivity index (χ2v) is 6.73. The normalized spacial score (nSPS) is 28.6. The highest BCUT2D eigenvalue weighted by Crippen LogP contribution is 2.30. The van der Waals surface area contributed by atoms with Crippen LogP contribution in [0.1, 0.15) is 58.8 Å². The lowest BCUT2D eigenvalue weighted by atomic mass is 9.84. The monoisotopic (exact) mass is 282 g/mol. The second-order valence-electron chi connectivity index (χ2n) is 6.73. The van der Waals surface area contributed by atoms with Crippen molar-refractivity contribution in [3.63, 3.8) is 0 Å². The Kier molecular flexibility index (Phi) is 5.85. The molecule has 2 rings (SSSR count). The van der Waals surface area contributed by atoms with Crippen molar-refractivity contribution >= 4 is 5.97 Å². The molecule has 4 nitrogen and oxygen atoms in total. The van der Waals surface area contributed by atoms with E-state index in [-0.39, 0.29) is 6.54 Å². The number of aliphatic carboxylic acids is 1. The lowest BCUT2D eigenvalue weighted by Gasteiger charge is -2.43. The van der Waals surface area contributed by atoms with E-state index in [1.165, 1.54) is 32.1 Å². The summed E-state index contributed by atoms with van der Waals surface area (Å²) in [5, 5.41) is 12.6. The van der Waals surface area contributed by atoms with Crippen LogP contribution in [-0.2, 0) is 4.79 Å². The van der Waals surface area contributed by atoms with Gasteiger partial charge >= 0.3 is 5.97 Å². The number of nitrogens with zero attached hydrogens (tertiary/aromatic N) is 1. The van der Waals surface area contributed by atoms with Crippen molar-refractivity contribution in [2.24, 2.45) is 5.92 Å². The number of carboxylic acids is 1. The summed E-state index contributed by atoms with van der Waals surface area (Å²) in [5.41, 5.74) is 0. The van der Waals surface area contributed by atoms with Crippen molar-refractivity contribution in [3.8, 4) is 0 Å². The van der Waals surface area contributed by atoms with Crippen molar-refractivity contribution in [3.05, 3.63) is 0 Å². The zero-order chi connectivity index (χ0) is 14.5. The van der Waals surface area contributed by atoms with E-state index in [0.717, 1.165) is 25.3 Å². The Morgan fingerprint density at radius 1 is 1.35 bits per heavy atom. The predicted molar refractivity (Wildman–Crippen MR) is 80.9 cm³/mol. The van der Waals surface area contributed by atoms with Gasteiger partial charge in [-0.25, -0.2) is 0 Å². The average molecular weight is 282 g/mol. The van der Waals surface area contributed by atoms with E-state index >= 15 is 0 Å². The SMILES string of the molecule is CCN(CC(=O)O)C1CC(NC(C)CC2CCCC2)C1. The molecule has 0 bridgehead atoms. The molecule has 0 spiro atoms. The number of rotatable bonds is 8. The fourth-order valence-corrected chi connectivity index (χ4v) is 3.91. The molecule has 1 unspecified atom stereocenters. The standard InChI is InChI=1S/C16H30N2O2/c1-3-18(11-16(19)20)15-9-14(10-15)17-12(2)8-13-6-4-5-7-13/h12-15,17H,3-11H2,1-2H3,(H,19,20). The van der Waals surface area contributed by atoms with Gasteiger partial charge in [0.2, 0.25) is 0 Å². The van der Waals surface area contributed by atoms with Crippen LogP contribution < -0.4 is 5.32 Å². The first kappa shape index (κ1) is 15.8. The van der Waals surface area contributed by atoms with Gasteiger partial charge in [-0.3, -0.25) is 9.69 Å². The highest BCUT2D eigenvalue weighted by molar-refractivity contribution is 5.69. The number of nitrogens with one attached hydrogen (secondary N) is 1. The molecule has 0 amide bonds. The first-order chi connectivity index (χ1) is 9.58. The molecule has 0 saturated heterocycles. The van der Waals surface area contributed by atoms with E-state index in [4.69, 9.17) is 5.11 Å². The fourth-order valence-electron chi connectivity index (χ4n) is 3.91. The van der Waals surface area contributed by atoms with Gasteiger partial charge in [-0.05, 0) is 38.6 Å². The highest BCUT2D eigenvalue weighted by Gasteiger charge is 2.34. The molecule has 20 heavy (non-hydrogen) atoms. The lowest BCUT2D eigenvalue weighted by Crippen LogP contribution is -2.55. The number of carbonyl (C=O) groups is 1. The molecule has 2 saturated carbocycles. The zero-order valence-electron chi connectivity index (χ0n) is 13.0. The maximum Gasteiger partial charge on any atom is 0.317 e. The van der Waals surface area contributed by atoms with Crippen molar-refractivity contribution < 1.29 is 9.90 Å². The molecule has 2 fully saturated rings. The summed E-state index contributed by atoms with van der Waals surface area (Å²) in [5.74, 6) is 0.227. The summed E-state index contributed by atoms with van der Waals surface area (Å²) < 4.78 is 0. The minimum atomic E-state index is -0.710. The molecule has 2 aliphatic rings. The van der Waals surface area contributed by atoms with Gasteiger partial charge < -0.3 is 10.4 Å². The van der Waals surface area contributed by atoms with Crippen LogP contribution in [0, 0.1) is 5.92 Å². The first-order valence-corrected chi connectivity index (χ1v) is 8.30. The van der Waals surface area contributed by atoms with Gasteiger partial charge in [0.1, 0.15) is 0 Å². The molecule has 0 aromatic carbocycles. The van der Waals surface area contributed by atoms with Crippen molar-refractivity contribution in [2.45, 2.75) is 76.9 Å². The van der Waals surface area contributed by atoms with Gasteiger partial charge in [0, 0.05) is 18.1 Å². The number of hydrogen-bond acceptors (Lipinski definition) is 3. The molecule has 1 atom stereocenters. The van der Waals surface area contributed by atoms with Gasteiger partial charge in [0.15, 0.2) is 0 Å². The third kappa shape index (κ3) is 4.45. The van der Waals surface area contributed by atoms with Crippen molar-refractivity contribution in [1.29, 1.82) is 0 Å². The van der Waals surface area contributed by atoms with Crippen LogP contribution in [-0.4, -0.2) is 47.2 Å². The Bertz CT molecular complexity index is 310. The second kappa shape index (κ2) is 7.41. The summed E-state index contributed by atoms with van der Waals surface area (Å²) in [7, 11) is 0. The number of likely N-dealkylation sites (N-methyl/N-ethyl adjacent to an activating group) is 1.